The minimum absolute atomic E-state index is 0.100. The van der Waals surface area contributed by atoms with E-state index in [1.165, 1.54) is 6.07 Å². The van der Waals surface area contributed by atoms with Gasteiger partial charge in [0.05, 0.1) is 6.26 Å². The Morgan fingerprint density at radius 1 is 1.33 bits per heavy atom. The number of hydrogen-bond donors (Lipinski definition) is 1. The van der Waals surface area contributed by atoms with E-state index in [4.69, 9.17) is 4.42 Å². The van der Waals surface area contributed by atoms with Gasteiger partial charge in [-0.15, -0.1) is 0 Å². The van der Waals surface area contributed by atoms with Crippen LogP contribution in [0.2, 0.25) is 0 Å². The largest absolute Gasteiger partial charge is 0.469 e. The van der Waals surface area contributed by atoms with Gasteiger partial charge in [0.15, 0.2) is 0 Å². The van der Waals surface area contributed by atoms with E-state index in [0.29, 0.717) is 12.0 Å². The summed E-state index contributed by atoms with van der Waals surface area (Å²) in [6.07, 6.45) is 2.26. The predicted octanol–water partition coefficient (Wildman–Crippen LogP) is 4.07. The van der Waals surface area contributed by atoms with Gasteiger partial charge in [0.2, 0.25) is 0 Å². The second-order valence-electron chi connectivity index (χ2n) is 4.03. The van der Waals surface area contributed by atoms with Crippen LogP contribution >= 0.6 is 15.9 Å². The van der Waals surface area contributed by atoms with Gasteiger partial charge >= 0.3 is 0 Å². The summed E-state index contributed by atoms with van der Waals surface area (Å²) in [6.45, 7) is 2.77. The van der Waals surface area contributed by atoms with Crippen LogP contribution in [0, 0.1) is 5.82 Å². The molecule has 0 aliphatic carbocycles. The molecule has 1 atom stereocenters. The molecule has 0 saturated heterocycles. The van der Waals surface area contributed by atoms with E-state index in [1.54, 1.807) is 12.3 Å². The van der Waals surface area contributed by atoms with Gasteiger partial charge in [-0.2, -0.15) is 0 Å². The average molecular weight is 312 g/mol. The molecule has 18 heavy (non-hydrogen) atoms. The molecule has 1 N–H and O–H groups in total. The first-order chi connectivity index (χ1) is 8.72. The van der Waals surface area contributed by atoms with Crippen LogP contribution in [0.25, 0.3) is 0 Å². The molecule has 4 heteroatoms. The molecule has 0 spiro atoms. The first-order valence-electron chi connectivity index (χ1n) is 5.92. The zero-order valence-electron chi connectivity index (χ0n) is 10.1. The van der Waals surface area contributed by atoms with E-state index in [2.05, 4.69) is 21.2 Å². The van der Waals surface area contributed by atoms with Crippen LogP contribution in [0.15, 0.2) is 45.5 Å². The van der Waals surface area contributed by atoms with Gasteiger partial charge in [0.25, 0.3) is 0 Å². The summed E-state index contributed by atoms with van der Waals surface area (Å²) in [5.74, 6) is 0.637. The van der Waals surface area contributed by atoms with Crippen LogP contribution in [0.3, 0.4) is 0 Å². The highest BCUT2D eigenvalue weighted by Gasteiger charge is 2.19. The van der Waals surface area contributed by atoms with Gasteiger partial charge in [-0.25, -0.2) is 4.39 Å². The third-order valence-electron chi connectivity index (χ3n) is 2.78. The monoisotopic (exact) mass is 311 g/mol. The number of halogens is 2. The van der Waals surface area contributed by atoms with Crippen molar-refractivity contribution in [1.82, 2.24) is 5.32 Å². The van der Waals surface area contributed by atoms with Crippen molar-refractivity contribution in [1.29, 1.82) is 0 Å². The molecule has 0 aliphatic rings. The molecule has 1 unspecified atom stereocenters. The fourth-order valence-corrected chi connectivity index (χ4v) is 2.61. The lowest BCUT2D eigenvalue weighted by Gasteiger charge is -2.19. The van der Waals surface area contributed by atoms with E-state index in [0.717, 1.165) is 16.8 Å². The highest BCUT2D eigenvalue weighted by Crippen LogP contribution is 2.28. The molecule has 0 fully saturated rings. The minimum atomic E-state index is -0.207. The van der Waals surface area contributed by atoms with E-state index in [-0.39, 0.29) is 11.9 Å². The van der Waals surface area contributed by atoms with Crippen LogP contribution in [-0.4, -0.2) is 6.54 Å². The lowest BCUT2D eigenvalue weighted by Crippen LogP contribution is -2.24. The second-order valence-corrected chi connectivity index (χ2v) is 4.88. The molecule has 1 heterocycles. The maximum Gasteiger partial charge on any atom is 0.129 e. The van der Waals surface area contributed by atoms with Crippen molar-refractivity contribution >= 4 is 15.9 Å². The molecule has 0 bridgehead atoms. The first kappa shape index (κ1) is 13.3. The molecule has 0 amide bonds. The van der Waals surface area contributed by atoms with Crippen LogP contribution < -0.4 is 5.32 Å². The summed E-state index contributed by atoms with van der Waals surface area (Å²) in [6, 6.07) is 8.67. The molecule has 1 aromatic carbocycles. The van der Waals surface area contributed by atoms with Gasteiger partial charge in [0, 0.05) is 22.5 Å². The lowest BCUT2D eigenvalue weighted by atomic mass is 10.0. The maximum atomic E-state index is 14.0. The normalized spacial score (nSPS) is 12.6. The smallest absolute Gasteiger partial charge is 0.129 e. The second kappa shape index (κ2) is 6.16. The number of nitrogens with one attached hydrogen (secondary N) is 1. The quantitative estimate of drug-likeness (QED) is 0.900. The topological polar surface area (TPSA) is 25.2 Å². The average Bonchev–Trinajstić information content (AvgIpc) is 2.82. The van der Waals surface area contributed by atoms with E-state index in [1.807, 2.05) is 25.1 Å². The Bertz CT molecular complexity index is 478. The molecule has 2 rings (SSSR count). The highest BCUT2D eigenvalue weighted by atomic mass is 79.9. The van der Waals surface area contributed by atoms with Crippen molar-refractivity contribution in [2.45, 2.75) is 19.4 Å². The summed E-state index contributed by atoms with van der Waals surface area (Å²) in [5.41, 5.74) is 0.649. The fourth-order valence-electron chi connectivity index (χ4n) is 2.00. The van der Waals surface area contributed by atoms with E-state index < -0.39 is 0 Å². The highest BCUT2D eigenvalue weighted by molar-refractivity contribution is 9.10. The molecule has 2 aromatic rings. The SMILES string of the molecule is CCNC(Cc1ccco1)c1c(F)cccc1Br. The fraction of sp³-hybridized carbons (Fsp3) is 0.286. The minimum Gasteiger partial charge on any atom is -0.469 e. The molecule has 0 aliphatic heterocycles. The number of hydrogen-bond acceptors (Lipinski definition) is 2. The first-order valence-corrected chi connectivity index (χ1v) is 6.71. The van der Waals surface area contributed by atoms with Crippen molar-refractivity contribution in [2.75, 3.05) is 6.54 Å². The van der Waals surface area contributed by atoms with Crippen LogP contribution in [0.4, 0.5) is 4.39 Å². The zero-order valence-corrected chi connectivity index (χ0v) is 11.7. The summed E-state index contributed by atoms with van der Waals surface area (Å²) < 4.78 is 20.1. The Morgan fingerprint density at radius 2 is 2.17 bits per heavy atom. The maximum absolute atomic E-state index is 14.0. The number of benzene rings is 1. The molecule has 2 nitrogen and oxygen atoms in total. The Hall–Kier alpha value is -1.13. The van der Waals surface area contributed by atoms with E-state index >= 15 is 0 Å². The van der Waals surface area contributed by atoms with Crippen molar-refractivity contribution in [3.05, 3.63) is 58.2 Å². The van der Waals surface area contributed by atoms with Crippen molar-refractivity contribution in [3.63, 3.8) is 0 Å². The van der Waals surface area contributed by atoms with Crippen molar-refractivity contribution in [3.8, 4) is 0 Å². The summed E-state index contributed by atoms with van der Waals surface area (Å²) in [5, 5.41) is 3.29. The van der Waals surface area contributed by atoms with Gasteiger partial charge in [-0.05, 0) is 30.8 Å². The van der Waals surface area contributed by atoms with E-state index in [9.17, 15) is 4.39 Å². The Balaban J connectivity index is 2.29. The van der Waals surface area contributed by atoms with Gasteiger partial charge < -0.3 is 9.73 Å². The van der Waals surface area contributed by atoms with Gasteiger partial charge in [0.1, 0.15) is 11.6 Å². The lowest BCUT2D eigenvalue weighted by molar-refractivity contribution is 0.443. The molecule has 0 saturated carbocycles. The molecule has 1 aromatic heterocycles. The Kier molecular flexibility index (Phi) is 4.55. The molecule has 0 radical (unpaired) electrons. The third kappa shape index (κ3) is 3.00. The van der Waals surface area contributed by atoms with Crippen LogP contribution in [0.1, 0.15) is 24.3 Å². The Morgan fingerprint density at radius 3 is 2.78 bits per heavy atom. The number of furan rings is 1. The number of rotatable bonds is 5. The summed E-state index contributed by atoms with van der Waals surface area (Å²) >= 11 is 3.41. The molecular weight excluding hydrogens is 297 g/mol. The molecular formula is C14H15BrFNO. The van der Waals surface area contributed by atoms with Gasteiger partial charge in [-0.1, -0.05) is 28.9 Å². The number of likely N-dealkylation sites (N-methyl/N-ethyl adjacent to an activating group) is 1. The summed E-state index contributed by atoms with van der Waals surface area (Å²) in [7, 11) is 0. The third-order valence-corrected chi connectivity index (χ3v) is 3.48. The summed E-state index contributed by atoms with van der Waals surface area (Å²) in [4.78, 5) is 0. The van der Waals surface area contributed by atoms with Crippen molar-refractivity contribution in [2.24, 2.45) is 0 Å². The predicted molar refractivity (Wildman–Crippen MR) is 72.9 cm³/mol. The van der Waals surface area contributed by atoms with Crippen molar-refractivity contribution < 1.29 is 8.81 Å². The van der Waals surface area contributed by atoms with Crippen LogP contribution in [-0.2, 0) is 6.42 Å². The Labute approximate surface area is 114 Å². The molecule has 96 valence electrons. The van der Waals surface area contributed by atoms with Gasteiger partial charge in [-0.3, -0.25) is 0 Å². The van der Waals surface area contributed by atoms with Crippen LogP contribution in [0.5, 0.6) is 0 Å². The standard InChI is InChI=1S/C14H15BrFNO/c1-2-17-13(9-10-5-4-8-18-10)14-11(15)6-3-7-12(14)16/h3-8,13,17H,2,9H2,1H3. The zero-order chi connectivity index (χ0) is 13.0.